The van der Waals surface area contributed by atoms with Crippen LogP contribution in [0.1, 0.15) is 41.1 Å². The minimum absolute atomic E-state index is 0.0820. The number of nitrogens with one attached hydrogen (secondary N) is 1. The van der Waals surface area contributed by atoms with Crippen molar-refractivity contribution in [2.45, 2.75) is 38.0 Å². The molecule has 2 heterocycles. The zero-order valence-corrected chi connectivity index (χ0v) is 15.1. The normalized spacial score (nSPS) is 15.9. The molecule has 2 aromatic rings. The third kappa shape index (κ3) is 3.74. The van der Waals surface area contributed by atoms with Crippen LogP contribution in [0.3, 0.4) is 0 Å². The second kappa shape index (κ2) is 6.97. The topological polar surface area (TPSA) is 92.5 Å². The minimum atomic E-state index is -3.57. The molecule has 0 unspecified atom stereocenters. The van der Waals surface area contributed by atoms with Gasteiger partial charge in [-0.25, -0.2) is 8.42 Å². The summed E-state index contributed by atoms with van der Waals surface area (Å²) in [6, 6.07) is 6.39. The first kappa shape index (κ1) is 17.6. The third-order valence-corrected chi connectivity index (χ3v) is 6.27. The summed E-state index contributed by atoms with van der Waals surface area (Å²) in [6.45, 7) is 4.54. The Hall–Kier alpha value is -2.19. The van der Waals surface area contributed by atoms with Crippen molar-refractivity contribution in [2.75, 3.05) is 18.4 Å². The van der Waals surface area contributed by atoms with Crippen LogP contribution in [0, 0.1) is 13.8 Å². The molecule has 25 heavy (non-hydrogen) atoms. The van der Waals surface area contributed by atoms with Crippen LogP contribution in [0.2, 0.25) is 0 Å². The van der Waals surface area contributed by atoms with E-state index in [2.05, 4.69) is 10.5 Å². The summed E-state index contributed by atoms with van der Waals surface area (Å²) < 4.78 is 32.3. The van der Waals surface area contributed by atoms with Gasteiger partial charge in [0.2, 0.25) is 15.8 Å². The van der Waals surface area contributed by atoms with Gasteiger partial charge < -0.3 is 9.84 Å². The molecule has 1 amide bonds. The van der Waals surface area contributed by atoms with Gasteiger partial charge in [0.25, 0.3) is 5.91 Å². The quantitative estimate of drug-likeness (QED) is 0.901. The van der Waals surface area contributed by atoms with Crippen molar-refractivity contribution in [1.82, 2.24) is 9.46 Å². The molecule has 0 atom stereocenters. The second-order valence-corrected chi connectivity index (χ2v) is 8.14. The van der Waals surface area contributed by atoms with E-state index in [0.29, 0.717) is 30.0 Å². The Kier molecular flexibility index (Phi) is 4.91. The molecule has 1 fully saturated rings. The number of rotatable bonds is 4. The van der Waals surface area contributed by atoms with E-state index in [0.717, 1.165) is 19.3 Å². The smallest absolute Gasteiger partial charge is 0.294 e. The van der Waals surface area contributed by atoms with Crippen LogP contribution in [0.15, 0.2) is 33.7 Å². The molecule has 0 bridgehead atoms. The molecule has 1 aromatic carbocycles. The summed E-state index contributed by atoms with van der Waals surface area (Å²) in [5.74, 6) is -0.385. The highest BCUT2D eigenvalue weighted by Crippen LogP contribution is 2.26. The van der Waals surface area contributed by atoms with Gasteiger partial charge in [0.15, 0.2) is 0 Å². The van der Waals surface area contributed by atoms with Crippen LogP contribution in [-0.2, 0) is 10.0 Å². The average molecular weight is 363 g/mol. The number of hydrogen-bond donors (Lipinski definition) is 1. The minimum Gasteiger partial charge on any atom is -0.351 e. The average Bonchev–Trinajstić information content (AvgIpc) is 3.04. The van der Waals surface area contributed by atoms with E-state index in [1.165, 1.54) is 16.4 Å². The fourth-order valence-corrected chi connectivity index (χ4v) is 4.63. The number of piperidine rings is 1. The van der Waals surface area contributed by atoms with Crippen molar-refractivity contribution in [2.24, 2.45) is 0 Å². The second-order valence-electron chi connectivity index (χ2n) is 6.23. The highest BCUT2D eigenvalue weighted by atomic mass is 32.2. The molecule has 0 saturated carbocycles. The number of anilines is 1. The van der Waals surface area contributed by atoms with E-state index in [9.17, 15) is 13.2 Å². The Balaban J connectivity index is 1.86. The number of nitrogens with zero attached hydrogens (tertiary/aromatic N) is 2. The number of aryl methyl sites for hydroxylation is 2. The number of aromatic nitrogens is 1. The summed E-state index contributed by atoms with van der Waals surface area (Å²) in [6.07, 6.45) is 2.80. The Labute approximate surface area is 147 Å². The molecule has 0 spiro atoms. The maximum absolute atomic E-state index is 12.9. The molecule has 0 aliphatic carbocycles. The lowest BCUT2D eigenvalue weighted by molar-refractivity contribution is 0.0988. The van der Waals surface area contributed by atoms with Crippen LogP contribution in [-0.4, -0.2) is 36.9 Å². The first-order valence-electron chi connectivity index (χ1n) is 8.23. The van der Waals surface area contributed by atoms with Gasteiger partial charge in [-0.2, -0.15) is 4.31 Å². The monoisotopic (exact) mass is 363 g/mol. The lowest BCUT2D eigenvalue weighted by atomic mass is 10.2. The van der Waals surface area contributed by atoms with E-state index in [1.54, 1.807) is 26.0 Å². The Morgan fingerprint density at radius 2 is 1.88 bits per heavy atom. The van der Waals surface area contributed by atoms with E-state index < -0.39 is 15.9 Å². The standard InChI is InChI=1S/C17H21N3O4S/c1-12-6-7-14(18-17(21)15-10-13(2)19-24-15)11-16(12)25(22,23)20-8-4-3-5-9-20/h6-7,10-11H,3-5,8-9H2,1-2H3,(H,18,21). The van der Waals surface area contributed by atoms with E-state index in [-0.39, 0.29) is 10.7 Å². The number of benzene rings is 1. The molecule has 3 rings (SSSR count). The Morgan fingerprint density at radius 1 is 1.16 bits per heavy atom. The third-order valence-electron chi connectivity index (χ3n) is 4.23. The predicted octanol–water partition coefficient (Wildman–Crippen LogP) is 2.72. The van der Waals surface area contributed by atoms with E-state index in [1.807, 2.05) is 0 Å². The molecule has 1 N–H and O–H groups in total. The number of sulfonamides is 1. The van der Waals surface area contributed by atoms with Gasteiger partial charge in [-0.1, -0.05) is 17.6 Å². The first-order valence-corrected chi connectivity index (χ1v) is 9.67. The Bertz CT molecular complexity index is 883. The van der Waals surface area contributed by atoms with Gasteiger partial charge in [-0.3, -0.25) is 4.79 Å². The summed E-state index contributed by atoms with van der Waals surface area (Å²) in [7, 11) is -3.57. The fraction of sp³-hybridized carbons (Fsp3) is 0.412. The molecule has 1 saturated heterocycles. The van der Waals surface area contributed by atoms with Crippen LogP contribution in [0.4, 0.5) is 5.69 Å². The molecule has 8 heteroatoms. The van der Waals surface area contributed by atoms with Crippen LogP contribution in [0.25, 0.3) is 0 Å². The molecule has 7 nitrogen and oxygen atoms in total. The van der Waals surface area contributed by atoms with Gasteiger partial charge in [0, 0.05) is 24.8 Å². The first-order chi connectivity index (χ1) is 11.9. The molecule has 1 aromatic heterocycles. The lowest BCUT2D eigenvalue weighted by Gasteiger charge is -2.26. The maximum atomic E-state index is 12.9. The highest BCUT2D eigenvalue weighted by molar-refractivity contribution is 7.89. The van der Waals surface area contributed by atoms with E-state index >= 15 is 0 Å². The number of carbonyl (C=O) groups is 1. The summed E-state index contributed by atoms with van der Waals surface area (Å²) in [5, 5.41) is 6.33. The summed E-state index contributed by atoms with van der Waals surface area (Å²) in [4.78, 5) is 12.4. The molecular formula is C17H21N3O4S. The fourth-order valence-electron chi connectivity index (χ4n) is 2.86. The number of hydrogen-bond acceptors (Lipinski definition) is 5. The molecule has 0 radical (unpaired) electrons. The Morgan fingerprint density at radius 3 is 2.52 bits per heavy atom. The lowest BCUT2D eigenvalue weighted by Crippen LogP contribution is -2.36. The zero-order valence-electron chi connectivity index (χ0n) is 14.3. The van der Waals surface area contributed by atoms with Crippen molar-refractivity contribution >= 4 is 21.6 Å². The molecular weight excluding hydrogens is 342 g/mol. The molecule has 134 valence electrons. The summed E-state index contributed by atoms with van der Waals surface area (Å²) >= 11 is 0. The van der Waals surface area contributed by atoms with Crippen molar-refractivity contribution in [3.63, 3.8) is 0 Å². The van der Waals surface area contributed by atoms with Gasteiger partial charge in [0.05, 0.1) is 10.6 Å². The van der Waals surface area contributed by atoms with Gasteiger partial charge in [-0.15, -0.1) is 0 Å². The zero-order chi connectivity index (χ0) is 18.0. The van der Waals surface area contributed by atoms with E-state index in [4.69, 9.17) is 4.52 Å². The largest absolute Gasteiger partial charge is 0.351 e. The number of carbonyl (C=O) groups excluding carboxylic acids is 1. The van der Waals surface area contributed by atoms with Crippen LogP contribution in [0.5, 0.6) is 0 Å². The van der Waals surface area contributed by atoms with Crippen molar-refractivity contribution in [1.29, 1.82) is 0 Å². The van der Waals surface area contributed by atoms with Crippen molar-refractivity contribution in [3.8, 4) is 0 Å². The van der Waals surface area contributed by atoms with Gasteiger partial charge >= 0.3 is 0 Å². The summed E-state index contributed by atoms with van der Waals surface area (Å²) in [5.41, 5.74) is 1.65. The predicted molar refractivity (Wildman–Crippen MR) is 93.0 cm³/mol. The highest BCUT2D eigenvalue weighted by Gasteiger charge is 2.27. The van der Waals surface area contributed by atoms with Crippen LogP contribution < -0.4 is 5.32 Å². The molecule has 1 aliphatic rings. The van der Waals surface area contributed by atoms with Crippen LogP contribution >= 0.6 is 0 Å². The maximum Gasteiger partial charge on any atom is 0.294 e. The van der Waals surface area contributed by atoms with Crippen molar-refractivity contribution < 1.29 is 17.7 Å². The number of amides is 1. The van der Waals surface area contributed by atoms with Crippen molar-refractivity contribution in [3.05, 3.63) is 41.3 Å². The van der Waals surface area contributed by atoms with Gasteiger partial charge in [0.1, 0.15) is 0 Å². The SMILES string of the molecule is Cc1cc(C(=O)Nc2ccc(C)c(S(=O)(=O)N3CCCCC3)c2)on1. The van der Waals surface area contributed by atoms with Gasteiger partial charge in [-0.05, 0) is 44.4 Å². The molecule has 1 aliphatic heterocycles.